The van der Waals surface area contributed by atoms with Gasteiger partial charge < -0.3 is 9.64 Å². The predicted octanol–water partition coefficient (Wildman–Crippen LogP) is 1.03. The second-order valence-electron chi connectivity index (χ2n) is 3.19. The molecule has 1 fully saturated rings. The molecule has 0 N–H and O–H groups in total. The van der Waals surface area contributed by atoms with E-state index in [0.717, 1.165) is 19.1 Å². The standard InChI is InChI=1S/C9H17NO2/c1-3-10(8-4-5-8)7-6-9(11)12-2/h8H,3-7H2,1-2H3. The summed E-state index contributed by atoms with van der Waals surface area (Å²) >= 11 is 0. The third-order valence-corrected chi connectivity index (χ3v) is 2.30. The monoisotopic (exact) mass is 171 g/mol. The molecule has 1 saturated carbocycles. The Morgan fingerprint density at radius 3 is 2.67 bits per heavy atom. The van der Waals surface area contributed by atoms with E-state index < -0.39 is 0 Å². The summed E-state index contributed by atoms with van der Waals surface area (Å²) in [6.45, 7) is 4.03. The number of hydrogen-bond donors (Lipinski definition) is 0. The number of methoxy groups -OCH3 is 1. The first kappa shape index (κ1) is 9.52. The Morgan fingerprint density at radius 1 is 1.58 bits per heavy atom. The summed E-state index contributed by atoms with van der Waals surface area (Å²) < 4.78 is 4.58. The van der Waals surface area contributed by atoms with Crippen LogP contribution in [0.5, 0.6) is 0 Å². The second-order valence-corrected chi connectivity index (χ2v) is 3.19. The highest BCUT2D eigenvalue weighted by atomic mass is 16.5. The van der Waals surface area contributed by atoms with Gasteiger partial charge in [-0.05, 0) is 19.4 Å². The van der Waals surface area contributed by atoms with E-state index in [1.807, 2.05) is 0 Å². The molecule has 0 atom stereocenters. The molecule has 0 radical (unpaired) electrons. The van der Waals surface area contributed by atoms with Crippen LogP contribution in [-0.2, 0) is 9.53 Å². The molecule has 0 aliphatic heterocycles. The Balaban J connectivity index is 2.14. The van der Waals surface area contributed by atoms with E-state index in [1.54, 1.807) is 0 Å². The fraction of sp³-hybridized carbons (Fsp3) is 0.889. The van der Waals surface area contributed by atoms with E-state index in [2.05, 4.69) is 16.6 Å². The van der Waals surface area contributed by atoms with E-state index in [4.69, 9.17) is 0 Å². The number of ether oxygens (including phenoxy) is 1. The lowest BCUT2D eigenvalue weighted by Gasteiger charge is -2.18. The number of hydrogen-bond acceptors (Lipinski definition) is 3. The molecule has 3 nitrogen and oxygen atoms in total. The van der Waals surface area contributed by atoms with Gasteiger partial charge in [0.05, 0.1) is 13.5 Å². The van der Waals surface area contributed by atoms with Crippen molar-refractivity contribution in [1.29, 1.82) is 0 Å². The normalized spacial score (nSPS) is 16.6. The van der Waals surface area contributed by atoms with E-state index in [0.29, 0.717) is 6.42 Å². The first-order valence-electron chi connectivity index (χ1n) is 4.58. The maximum absolute atomic E-state index is 10.8. The van der Waals surface area contributed by atoms with Gasteiger partial charge in [-0.1, -0.05) is 6.92 Å². The Labute approximate surface area is 73.7 Å². The molecule has 0 aromatic rings. The summed E-state index contributed by atoms with van der Waals surface area (Å²) in [7, 11) is 1.44. The highest BCUT2D eigenvalue weighted by Gasteiger charge is 2.27. The van der Waals surface area contributed by atoms with Crippen molar-refractivity contribution in [2.24, 2.45) is 0 Å². The van der Waals surface area contributed by atoms with Crippen molar-refractivity contribution in [3.8, 4) is 0 Å². The Bertz CT molecular complexity index is 155. The summed E-state index contributed by atoms with van der Waals surface area (Å²) in [6.07, 6.45) is 3.13. The quantitative estimate of drug-likeness (QED) is 0.579. The van der Waals surface area contributed by atoms with Crippen LogP contribution in [0.3, 0.4) is 0 Å². The van der Waals surface area contributed by atoms with E-state index >= 15 is 0 Å². The topological polar surface area (TPSA) is 29.5 Å². The zero-order chi connectivity index (χ0) is 8.97. The lowest BCUT2D eigenvalue weighted by Crippen LogP contribution is -2.28. The fourth-order valence-corrected chi connectivity index (χ4v) is 1.38. The van der Waals surface area contributed by atoms with Crippen molar-refractivity contribution < 1.29 is 9.53 Å². The average molecular weight is 171 g/mol. The zero-order valence-corrected chi connectivity index (χ0v) is 7.88. The predicted molar refractivity (Wildman–Crippen MR) is 46.9 cm³/mol. The average Bonchev–Trinajstić information content (AvgIpc) is 2.89. The second kappa shape index (κ2) is 4.45. The number of carbonyl (C=O) groups excluding carboxylic acids is 1. The molecule has 0 heterocycles. The number of nitrogens with zero attached hydrogens (tertiary/aromatic N) is 1. The van der Waals surface area contributed by atoms with Crippen molar-refractivity contribution in [3.05, 3.63) is 0 Å². The third-order valence-electron chi connectivity index (χ3n) is 2.30. The SMILES string of the molecule is CCN(CCC(=O)OC)C1CC1. The summed E-state index contributed by atoms with van der Waals surface area (Å²) in [5.41, 5.74) is 0. The minimum atomic E-state index is -0.103. The van der Waals surface area contributed by atoms with Crippen molar-refractivity contribution >= 4 is 5.97 Å². The lowest BCUT2D eigenvalue weighted by atomic mass is 10.3. The Morgan fingerprint density at radius 2 is 2.25 bits per heavy atom. The van der Waals surface area contributed by atoms with Gasteiger partial charge >= 0.3 is 5.97 Å². The molecule has 12 heavy (non-hydrogen) atoms. The van der Waals surface area contributed by atoms with Crippen molar-refractivity contribution in [1.82, 2.24) is 4.90 Å². The van der Waals surface area contributed by atoms with Crippen molar-refractivity contribution in [3.63, 3.8) is 0 Å². The molecule has 1 rings (SSSR count). The molecular weight excluding hydrogens is 154 g/mol. The van der Waals surface area contributed by atoms with Crippen molar-refractivity contribution in [2.75, 3.05) is 20.2 Å². The summed E-state index contributed by atoms with van der Waals surface area (Å²) in [4.78, 5) is 13.2. The number of esters is 1. The number of carbonyl (C=O) groups is 1. The van der Waals surface area contributed by atoms with E-state index in [9.17, 15) is 4.79 Å². The van der Waals surface area contributed by atoms with Gasteiger partial charge in [0.2, 0.25) is 0 Å². The maximum Gasteiger partial charge on any atom is 0.306 e. The highest BCUT2D eigenvalue weighted by molar-refractivity contribution is 5.69. The van der Waals surface area contributed by atoms with Gasteiger partial charge in [-0.25, -0.2) is 0 Å². The van der Waals surface area contributed by atoms with Gasteiger partial charge in [0, 0.05) is 12.6 Å². The molecule has 3 heteroatoms. The molecule has 0 spiro atoms. The van der Waals surface area contributed by atoms with Gasteiger partial charge in [0.1, 0.15) is 0 Å². The largest absolute Gasteiger partial charge is 0.469 e. The molecule has 0 unspecified atom stereocenters. The fourth-order valence-electron chi connectivity index (χ4n) is 1.38. The highest BCUT2D eigenvalue weighted by Crippen LogP contribution is 2.26. The van der Waals surface area contributed by atoms with Crippen LogP contribution in [0.1, 0.15) is 26.2 Å². The minimum absolute atomic E-state index is 0.103. The van der Waals surface area contributed by atoms with Crippen molar-refractivity contribution in [2.45, 2.75) is 32.2 Å². The molecule has 0 aromatic heterocycles. The Kier molecular flexibility index (Phi) is 3.53. The van der Waals surface area contributed by atoms with E-state index in [1.165, 1.54) is 20.0 Å². The van der Waals surface area contributed by atoms with Gasteiger partial charge in [-0.15, -0.1) is 0 Å². The molecule has 1 aliphatic rings. The van der Waals surface area contributed by atoms with Crippen LogP contribution in [0, 0.1) is 0 Å². The molecule has 70 valence electrons. The minimum Gasteiger partial charge on any atom is -0.469 e. The summed E-state index contributed by atoms with van der Waals surface area (Å²) in [5, 5.41) is 0. The zero-order valence-electron chi connectivity index (χ0n) is 7.88. The molecule has 0 saturated heterocycles. The molecular formula is C9H17NO2. The van der Waals surface area contributed by atoms with Crippen LogP contribution in [-0.4, -0.2) is 37.1 Å². The number of rotatable bonds is 5. The van der Waals surface area contributed by atoms with Gasteiger partial charge in [-0.3, -0.25) is 4.79 Å². The molecule has 1 aliphatic carbocycles. The molecule has 0 bridgehead atoms. The third kappa shape index (κ3) is 2.81. The van der Waals surface area contributed by atoms with Gasteiger partial charge in [0.15, 0.2) is 0 Å². The van der Waals surface area contributed by atoms with Crippen LogP contribution in [0.2, 0.25) is 0 Å². The Hall–Kier alpha value is -0.570. The summed E-state index contributed by atoms with van der Waals surface area (Å²) in [6, 6.07) is 0.750. The van der Waals surface area contributed by atoms with Gasteiger partial charge in [-0.2, -0.15) is 0 Å². The van der Waals surface area contributed by atoms with E-state index in [-0.39, 0.29) is 5.97 Å². The first-order valence-corrected chi connectivity index (χ1v) is 4.58. The first-order chi connectivity index (χ1) is 5.77. The lowest BCUT2D eigenvalue weighted by molar-refractivity contribution is -0.141. The van der Waals surface area contributed by atoms with Gasteiger partial charge in [0.25, 0.3) is 0 Å². The smallest absolute Gasteiger partial charge is 0.306 e. The summed E-state index contributed by atoms with van der Waals surface area (Å²) in [5.74, 6) is -0.103. The molecule has 0 aromatic carbocycles. The van der Waals surface area contributed by atoms with Crippen LogP contribution in [0.4, 0.5) is 0 Å². The van der Waals surface area contributed by atoms with Crippen LogP contribution < -0.4 is 0 Å². The van der Waals surface area contributed by atoms with Crippen LogP contribution >= 0.6 is 0 Å². The van der Waals surface area contributed by atoms with Crippen LogP contribution in [0.25, 0.3) is 0 Å². The maximum atomic E-state index is 10.8. The molecule has 0 amide bonds. The van der Waals surface area contributed by atoms with Crippen LogP contribution in [0.15, 0.2) is 0 Å².